The largest absolute Gasteiger partial charge is 0.327 e. The van der Waals surface area contributed by atoms with E-state index in [4.69, 9.17) is 0 Å². The third-order valence-electron chi connectivity index (χ3n) is 3.67. The molecule has 0 saturated heterocycles. The lowest BCUT2D eigenvalue weighted by molar-refractivity contribution is 0.151. The maximum atomic E-state index is 12.9. The first-order valence-corrected chi connectivity index (χ1v) is 7.28. The fraction of sp³-hybridized carbons (Fsp3) is 0.105. The van der Waals surface area contributed by atoms with E-state index in [2.05, 4.69) is 11.6 Å². The van der Waals surface area contributed by atoms with Crippen LogP contribution in [0.2, 0.25) is 0 Å². The number of halogens is 2. The zero-order chi connectivity index (χ0) is 16.2. The normalized spacial score (nSPS) is 10.9. The number of nitrogens with zero attached hydrogens (tertiary/aromatic N) is 2. The monoisotopic (exact) mass is 310 g/mol. The molecule has 0 radical (unpaired) electrons. The van der Waals surface area contributed by atoms with Crippen LogP contribution in [0.15, 0.2) is 73.6 Å². The molecule has 3 aromatic rings. The van der Waals surface area contributed by atoms with E-state index in [-0.39, 0.29) is 5.56 Å². The summed E-state index contributed by atoms with van der Waals surface area (Å²) in [5.74, 6) is 0.681. The summed E-state index contributed by atoms with van der Waals surface area (Å²) >= 11 is 0. The molecule has 0 aliphatic carbocycles. The van der Waals surface area contributed by atoms with Crippen molar-refractivity contribution in [2.24, 2.45) is 0 Å². The molecule has 2 nitrogen and oxygen atoms in total. The van der Waals surface area contributed by atoms with Gasteiger partial charge in [0.05, 0.1) is 0 Å². The molecular weight excluding hydrogens is 294 g/mol. The Bertz CT molecular complexity index is 807. The van der Waals surface area contributed by atoms with Gasteiger partial charge in [0, 0.05) is 30.1 Å². The third kappa shape index (κ3) is 3.37. The minimum atomic E-state index is -2.49. The number of hydrogen-bond donors (Lipinski definition) is 0. The van der Waals surface area contributed by atoms with Crippen LogP contribution in [-0.4, -0.2) is 9.55 Å². The molecule has 0 unspecified atom stereocenters. The van der Waals surface area contributed by atoms with Crippen molar-refractivity contribution in [2.75, 3.05) is 0 Å². The second-order valence-corrected chi connectivity index (χ2v) is 5.27. The lowest BCUT2D eigenvalue weighted by Crippen LogP contribution is -2.04. The molecule has 3 rings (SSSR count). The minimum absolute atomic E-state index is 0.00943. The fourth-order valence-corrected chi connectivity index (χ4v) is 2.48. The van der Waals surface area contributed by atoms with Gasteiger partial charge in [-0.2, -0.15) is 0 Å². The Morgan fingerprint density at radius 3 is 2.61 bits per heavy atom. The standard InChI is InChI=1S/C19H16F2N2/c1-14(16-8-5-9-17(12-16)18(20)21)19-22-10-11-23(19)13-15-6-3-2-4-7-15/h2-12,18H,1,13H2. The van der Waals surface area contributed by atoms with Gasteiger partial charge in [-0.05, 0) is 17.2 Å². The smallest absolute Gasteiger partial charge is 0.263 e. The SMILES string of the molecule is C=C(c1cccc(C(F)F)c1)c1nccn1Cc1ccccc1. The third-order valence-corrected chi connectivity index (χ3v) is 3.67. The molecule has 2 aromatic carbocycles. The Hall–Kier alpha value is -2.75. The summed E-state index contributed by atoms with van der Waals surface area (Å²) in [6, 6.07) is 16.3. The van der Waals surface area contributed by atoms with E-state index in [9.17, 15) is 8.78 Å². The molecule has 4 heteroatoms. The van der Waals surface area contributed by atoms with Crippen molar-refractivity contribution in [3.8, 4) is 0 Å². The zero-order valence-electron chi connectivity index (χ0n) is 12.5. The van der Waals surface area contributed by atoms with Crippen LogP contribution in [0.3, 0.4) is 0 Å². The maximum Gasteiger partial charge on any atom is 0.263 e. The van der Waals surface area contributed by atoms with Crippen LogP contribution in [0.1, 0.15) is 28.9 Å². The summed E-state index contributed by atoms with van der Waals surface area (Å²) < 4.78 is 27.7. The van der Waals surface area contributed by atoms with Gasteiger partial charge in [0.1, 0.15) is 5.82 Å². The van der Waals surface area contributed by atoms with Gasteiger partial charge in [0.15, 0.2) is 0 Å². The molecule has 23 heavy (non-hydrogen) atoms. The summed E-state index contributed by atoms with van der Waals surface area (Å²) in [5, 5.41) is 0. The summed E-state index contributed by atoms with van der Waals surface area (Å²) in [5.41, 5.74) is 2.42. The Labute approximate surface area is 133 Å². The van der Waals surface area contributed by atoms with Gasteiger partial charge in [-0.15, -0.1) is 0 Å². The highest BCUT2D eigenvalue weighted by Crippen LogP contribution is 2.25. The fourth-order valence-electron chi connectivity index (χ4n) is 2.48. The first-order valence-electron chi connectivity index (χ1n) is 7.28. The van der Waals surface area contributed by atoms with E-state index in [0.717, 1.165) is 5.56 Å². The number of hydrogen-bond acceptors (Lipinski definition) is 1. The average molecular weight is 310 g/mol. The van der Waals surface area contributed by atoms with Crippen LogP contribution < -0.4 is 0 Å². The molecule has 0 atom stereocenters. The van der Waals surface area contributed by atoms with Gasteiger partial charge in [0.25, 0.3) is 6.43 Å². The van der Waals surface area contributed by atoms with E-state index < -0.39 is 6.43 Å². The van der Waals surface area contributed by atoms with Crippen LogP contribution in [0.25, 0.3) is 5.57 Å². The highest BCUT2D eigenvalue weighted by Gasteiger charge is 2.13. The second-order valence-electron chi connectivity index (χ2n) is 5.27. The Morgan fingerprint density at radius 1 is 1.09 bits per heavy atom. The minimum Gasteiger partial charge on any atom is -0.327 e. The number of aromatic nitrogens is 2. The van der Waals surface area contributed by atoms with Crippen LogP contribution in [0.4, 0.5) is 8.78 Å². The van der Waals surface area contributed by atoms with Crippen LogP contribution >= 0.6 is 0 Å². The van der Waals surface area contributed by atoms with E-state index >= 15 is 0 Å². The molecule has 0 fully saturated rings. The van der Waals surface area contributed by atoms with Gasteiger partial charge in [-0.3, -0.25) is 0 Å². The molecule has 116 valence electrons. The first kappa shape index (κ1) is 15.2. The predicted molar refractivity (Wildman–Crippen MR) is 87.3 cm³/mol. The molecule has 0 aliphatic rings. The molecule has 1 aromatic heterocycles. The average Bonchev–Trinajstić information content (AvgIpc) is 3.03. The number of imidazole rings is 1. The van der Waals surface area contributed by atoms with Crippen molar-refractivity contribution in [2.45, 2.75) is 13.0 Å². The van der Waals surface area contributed by atoms with Gasteiger partial charge in [-0.25, -0.2) is 13.8 Å². The Morgan fingerprint density at radius 2 is 1.87 bits per heavy atom. The predicted octanol–water partition coefficient (Wildman–Crippen LogP) is 4.93. The second kappa shape index (κ2) is 6.57. The molecular formula is C19H16F2N2. The Balaban J connectivity index is 1.89. The van der Waals surface area contributed by atoms with Crippen LogP contribution in [-0.2, 0) is 6.54 Å². The topological polar surface area (TPSA) is 17.8 Å². The van der Waals surface area contributed by atoms with Gasteiger partial charge in [-0.1, -0.05) is 55.1 Å². The van der Waals surface area contributed by atoms with Crippen LogP contribution in [0, 0.1) is 0 Å². The highest BCUT2D eigenvalue weighted by molar-refractivity contribution is 5.74. The van der Waals surface area contributed by atoms with Gasteiger partial charge >= 0.3 is 0 Å². The molecule has 0 N–H and O–H groups in total. The molecule has 0 saturated carbocycles. The van der Waals surface area contributed by atoms with E-state index in [1.807, 2.05) is 41.1 Å². The highest BCUT2D eigenvalue weighted by atomic mass is 19.3. The molecule has 0 bridgehead atoms. The lowest BCUT2D eigenvalue weighted by atomic mass is 10.0. The summed E-state index contributed by atoms with van der Waals surface area (Å²) in [6.07, 6.45) is 1.07. The lowest BCUT2D eigenvalue weighted by Gasteiger charge is -2.11. The maximum absolute atomic E-state index is 12.9. The van der Waals surface area contributed by atoms with Crippen molar-refractivity contribution >= 4 is 5.57 Å². The number of rotatable bonds is 5. The number of alkyl halides is 2. The van der Waals surface area contributed by atoms with Crippen molar-refractivity contribution < 1.29 is 8.78 Å². The summed E-state index contributed by atoms with van der Waals surface area (Å²) in [7, 11) is 0. The van der Waals surface area contributed by atoms with E-state index in [1.54, 1.807) is 18.3 Å². The summed E-state index contributed by atoms with van der Waals surface area (Å²) in [4.78, 5) is 4.34. The van der Waals surface area contributed by atoms with Gasteiger partial charge in [0.2, 0.25) is 0 Å². The summed E-state index contributed by atoms with van der Waals surface area (Å²) in [6.45, 7) is 4.70. The van der Waals surface area contributed by atoms with Crippen LogP contribution in [0.5, 0.6) is 0 Å². The van der Waals surface area contributed by atoms with E-state index in [0.29, 0.717) is 23.5 Å². The van der Waals surface area contributed by atoms with Crippen molar-refractivity contribution in [3.05, 3.63) is 96.1 Å². The molecule has 0 amide bonds. The van der Waals surface area contributed by atoms with Crippen molar-refractivity contribution in [3.63, 3.8) is 0 Å². The molecule has 0 spiro atoms. The molecule has 0 aliphatic heterocycles. The van der Waals surface area contributed by atoms with Gasteiger partial charge < -0.3 is 4.57 Å². The first-order chi connectivity index (χ1) is 11.1. The van der Waals surface area contributed by atoms with E-state index in [1.165, 1.54) is 12.1 Å². The zero-order valence-corrected chi connectivity index (χ0v) is 12.5. The Kier molecular flexibility index (Phi) is 4.33. The number of benzene rings is 2. The van der Waals surface area contributed by atoms with Crippen molar-refractivity contribution in [1.82, 2.24) is 9.55 Å². The quantitative estimate of drug-likeness (QED) is 0.653. The molecule has 1 heterocycles. The van der Waals surface area contributed by atoms with Crippen molar-refractivity contribution in [1.29, 1.82) is 0 Å².